The van der Waals surface area contributed by atoms with Crippen molar-refractivity contribution in [1.29, 1.82) is 0 Å². The predicted molar refractivity (Wildman–Crippen MR) is 72.5 cm³/mol. The van der Waals surface area contributed by atoms with E-state index in [2.05, 4.69) is 21.4 Å². The molecule has 1 fully saturated rings. The molecule has 100 valence electrons. The lowest BCUT2D eigenvalue weighted by Gasteiger charge is -2.25. The van der Waals surface area contributed by atoms with Gasteiger partial charge in [0.1, 0.15) is 5.82 Å². The number of rotatable bonds is 3. The number of nitrogens with two attached hydrogens (primary N) is 1. The number of likely N-dealkylation sites (N-methyl/N-ethyl adjacent to an activating group) is 1. The van der Waals surface area contributed by atoms with E-state index in [4.69, 9.17) is 5.73 Å². The van der Waals surface area contributed by atoms with Crippen LogP contribution in [0, 0.1) is 0 Å². The average molecular weight is 248 g/mol. The number of likely N-dealkylation sites (tertiary alicyclic amines) is 1. The summed E-state index contributed by atoms with van der Waals surface area (Å²) in [5.74, 6) is 1.28. The van der Waals surface area contributed by atoms with Crippen molar-refractivity contribution in [2.75, 3.05) is 13.1 Å². The van der Waals surface area contributed by atoms with E-state index in [-0.39, 0.29) is 0 Å². The van der Waals surface area contributed by atoms with Crippen molar-refractivity contribution in [3.8, 4) is 0 Å². The molecule has 2 aliphatic rings. The first-order chi connectivity index (χ1) is 8.78. The van der Waals surface area contributed by atoms with Gasteiger partial charge in [0.2, 0.25) is 0 Å². The number of imidazole rings is 1. The minimum Gasteiger partial charge on any atom is -0.332 e. The molecule has 1 aromatic rings. The van der Waals surface area contributed by atoms with Crippen molar-refractivity contribution in [1.82, 2.24) is 14.5 Å². The smallest absolute Gasteiger partial charge is 0.110 e. The zero-order valence-corrected chi connectivity index (χ0v) is 11.3. The van der Waals surface area contributed by atoms with Crippen LogP contribution in [-0.4, -0.2) is 39.6 Å². The van der Waals surface area contributed by atoms with Gasteiger partial charge in [-0.25, -0.2) is 4.98 Å². The zero-order valence-electron chi connectivity index (χ0n) is 11.3. The highest BCUT2D eigenvalue weighted by Crippen LogP contribution is 2.23. The highest BCUT2D eigenvalue weighted by molar-refractivity contribution is 5.11. The SMILES string of the molecule is CCN1CCCC1Cc1ncc2n1CCC(N)C2. The molecule has 2 aliphatic heterocycles. The standard InChI is InChI=1S/C14H24N4/c1-2-17-6-3-4-12(17)9-14-16-10-13-8-11(15)5-7-18(13)14/h10-12H,2-9,15H2,1H3. The van der Waals surface area contributed by atoms with Crippen molar-refractivity contribution in [2.24, 2.45) is 5.73 Å². The molecule has 3 rings (SSSR count). The predicted octanol–water partition coefficient (Wildman–Crippen LogP) is 1.18. The third kappa shape index (κ3) is 2.19. The van der Waals surface area contributed by atoms with Crippen LogP contribution in [0.4, 0.5) is 0 Å². The monoisotopic (exact) mass is 248 g/mol. The van der Waals surface area contributed by atoms with Crippen LogP contribution in [0.5, 0.6) is 0 Å². The van der Waals surface area contributed by atoms with Gasteiger partial charge >= 0.3 is 0 Å². The summed E-state index contributed by atoms with van der Waals surface area (Å²) < 4.78 is 2.41. The van der Waals surface area contributed by atoms with Gasteiger partial charge in [-0.2, -0.15) is 0 Å². The van der Waals surface area contributed by atoms with Crippen LogP contribution >= 0.6 is 0 Å². The maximum Gasteiger partial charge on any atom is 0.110 e. The molecule has 3 heterocycles. The molecule has 1 saturated heterocycles. The Bertz CT molecular complexity index is 412. The molecule has 1 aromatic heterocycles. The summed E-state index contributed by atoms with van der Waals surface area (Å²) in [6.45, 7) is 5.76. The fraction of sp³-hybridized carbons (Fsp3) is 0.786. The molecule has 2 unspecified atom stereocenters. The highest BCUT2D eigenvalue weighted by Gasteiger charge is 2.26. The molecular formula is C14H24N4. The average Bonchev–Trinajstić information content (AvgIpc) is 2.96. The molecule has 0 aromatic carbocycles. The second-order valence-corrected chi connectivity index (χ2v) is 5.70. The lowest BCUT2D eigenvalue weighted by molar-refractivity contribution is 0.260. The molecule has 2 atom stereocenters. The van der Waals surface area contributed by atoms with E-state index in [0.717, 1.165) is 25.8 Å². The minimum atomic E-state index is 0.334. The lowest BCUT2D eigenvalue weighted by Crippen LogP contribution is -2.34. The van der Waals surface area contributed by atoms with Crippen LogP contribution in [0.25, 0.3) is 0 Å². The highest BCUT2D eigenvalue weighted by atomic mass is 15.2. The van der Waals surface area contributed by atoms with Crippen LogP contribution in [0.3, 0.4) is 0 Å². The number of fused-ring (bicyclic) bond motifs is 1. The second kappa shape index (κ2) is 5.02. The quantitative estimate of drug-likeness (QED) is 0.874. The molecule has 0 radical (unpaired) electrons. The summed E-state index contributed by atoms with van der Waals surface area (Å²) in [5, 5.41) is 0. The first-order valence-electron chi connectivity index (χ1n) is 7.31. The summed E-state index contributed by atoms with van der Waals surface area (Å²) in [5.41, 5.74) is 7.35. The normalized spacial score (nSPS) is 28.6. The maximum absolute atomic E-state index is 6.02. The zero-order chi connectivity index (χ0) is 12.5. The molecule has 0 spiro atoms. The Morgan fingerprint density at radius 1 is 1.39 bits per heavy atom. The molecule has 4 nitrogen and oxygen atoms in total. The first kappa shape index (κ1) is 12.2. The Labute approximate surface area is 109 Å². The summed E-state index contributed by atoms with van der Waals surface area (Å²) in [4.78, 5) is 7.24. The van der Waals surface area contributed by atoms with E-state index in [1.54, 1.807) is 0 Å². The summed E-state index contributed by atoms with van der Waals surface area (Å²) in [6.07, 6.45) is 7.92. The van der Waals surface area contributed by atoms with Crippen molar-refractivity contribution >= 4 is 0 Å². The lowest BCUT2D eigenvalue weighted by atomic mass is 10.1. The molecule has 2 N–H and O–H groups in total. The molecule has 0 amide bonds. The minimum absolute atomic E-state index is 0.334. The topological polar surface area (TPSA) is 47.1 Å². The molecule has 0 saturated carbocycles. The summed E-state index contributed by atoms with van der Waals surface area (Å²) in [7, 11) is 0. The van der Waals surface area contributed by atoms with Gasteiger partial charge in [0.25, 0.3) is 0 Å². The fourth-order valence-corrected chi connectivity index (χ4v) is 3.47. The van der Waals surface area contributed by atoms with Crippen molar-refractivity contribution in [2.45, 2.75) is 57.7 Å². The van der Waals surface area contributed by atoms with E-state index in [1.165, 1.54) is 37.4 Å². The van der Waals surface area contributed by atoms with E-state index >= 15 is 0 Å². The fourth-order valence-electron chi connectivity index (χ4n) is 3.47. The maximum atomic E-state index is 6.02. The van der Waals surface area contributed by atoms with Crippen molar-refractivity contribution in [3.63, 3.8) is 0 Å². The van der Waals surface area contributed by atoms with Gasteiger partial charge in [-0.15, -0.1) is 0 Å². The number of aromatic nitrogens is 2. The molecular weight excluding hydrogens is 224 g/mol. The number of nitrogens with zero attached hydrogens (tertiary/aromatic N) is 3. The van der Waals surface area contributed by atoms with Gasteiger partial charge in [0, 0.05) is 43.4 Å². The summed E-state index contributed by atoms with van der Waals surface area (Å²) >= 11 is 0. The number of hydrogen-bond donors (Lipinski definition) is 1. The van der Waals surface area contributed by atoms with Gasteiger partial charge in [0.15, 0.2) is 0 Å². The van der Waals surface area contributed by atoms with Crippen molar-refractivity contribution < 1.29 is 0 Å². The van der Waals surface area contributed by atoms with E-state index in [0.29, 0.717) is 12.1 Å². The van der Waals surface area contributed by atoms with Gasteiger partial charge in [-0.05, 0) is 32.4 Å². The van der Waals surface area contributed by atoms with Crippen molar-refractivity contribution in [3.05, 3.63) is 17.7 Å². The van der Waals surface area contributed by atoms with Gasteiger partial charge in [-0.1, -0.05) is 6.92 Å². The van der Waals surface area contributed by atoms with Gasteiger partial charge < -0.3 is 15.2 Å². The third-order valence-electron chi connectivity index (χ3n) is 4.54. The van der Waals surface area contributed by atoms with Crippen LogP contribution in [-0.2, 0) is 19.4 Å². The van der Waals surface area contributed by atoms with Gasteiger partial charge in [-0.3, -0.25) is 0 Å². The Balaban J connectivity index is 1.74. The summed E-state index contributed by atoms with van der Waals surface area (Å²) in [6, 6.07) is 1.04. The van der Waals surface area contributed by atoms with Crippen LogP contribution in [0.1, 0.15) is 37.7 Å². The van der Waals surface area contributed by atoms with Crippen LogP contribution < -0.4 is 5.73 Å². The van der Waals surface area contributed by atoms with Gasteiger partial charge in [0.05, 0.1) is 0 Å². The van der Waals surface area contributed by atoms with Crippen LogP contribution in [0.2, 0.25) is 0 Å². The second-order valence-electron chi connectivity index (χ2n) is 5.70. The van der Waals surface area contributed by atoms with E-state index < -0.39 is 0 Å². The first-order valence-corrected chi connectivity index (χ1v) is 7.31. The van der Waals surface area contributed by atoms with Crippen LogP contribution in [0.15, 0.2) is 6.20 Å². The molecule has 0 aliphatic carbocycles. The largest absolute Gasteiger partial charge is 0.332 e. The van der Waals surface area contributed by atoms with E-state index in [9.17, 15) is 0 Å². The molecule has 18 heavy (non-hydrogen) atoms. The number of hydrogen-bond acceptors (Lipinski definition) is 3. The molecule has 0 bridgehead atoms. The molecule has 4 heteroatoms. The Morgan fingerprint density at radius 3 is 3.11 bits per heavy atom. The Hall–Kier alpha value is -0.870. The van der Waals surface area contributed by atoms with E-state index in [1.807, 2.05) is 6.20 Å². The third-order valence-corrected chi connectivity index (χ3v) is 4.54. The Morgan fingerprint density at radius 2 is 2.28 bits per heavy atom. The Kier molecular flexibility index (Phi) is 3.39.